The maximum Gasteiger partial charge on any atom is 0.264 e. The van der Waals surface area contributed by atoms with Gasteiger partial charge in [-0.3, -0.25) is 4.68 Å². The number of halogens is 1. The monoisotopic (exact) mass is 290 g/mol. The molecular weight excluding hydrogens is 280 g/mol. The van der Waals surface area contributed by atoms with Gasteiger partial charge in [0, 0.05) is 23.3 Å². The van der Waals surface area contributed by atoms with E-state index >= 15 is 0 Å². The molecule has 18 heavy (non-hydrogen) atoms. The molecule has 0 atom stereocenters. The van der Waals surface area contributed by atoms with Crippen LogP contribution >= 0.6 is 10.7 Å². The van der Waals surface area contributed by atoms with Crippen molar-refractivity contribution < 1.29 is 12.9 Å². The molecule has 0 aliphatic rings. The zero-order valence-electron chi connectivity index (χ0n) is 9.58. The lowest BCUT2D eigenvalue weighted by Gasteiger charge is -1.93. The Morgan fingerprint density at radius 1 is 1.50 bits per heavy atom. The van der Waals surface area contributed by atoms with Gasteiger partial charge in [-0.15, -0.1) is 0 Å². The van der Waals surface area contributed by atoms with Crippen LogP contribution in [-0.4, -0.2) is 28.3 Å². The Kier molecular flexibility index (Phi) is 3.67. The van der Waals surface area contributed by atoms with Gasteiger partial charge in [-0.05, 0) is 6.42 Å². The molecule has 0 aliphatic carbocycles. The topological polar surface area (TPSA) is 90.9 Å². The minimum Gasteiger partial charge on any atom is -0.339 e. The Labute approximate surface area is 108 Å². The van der Waals surface area contributed by atoms with E-state index in [1.807, 2.05) is 6.92 Å². The van der Waals surface area contributed by atoms with Crippen molar-refractivity contribution in [2.45, 2.75) is 31.2 Å². The summed E-state index contributed by atoms with van der Waals surface area (Å²) in [6, 6.07) is 0. The second kappa shape index (κ2) is 5.07. The van der Waals surface area contributed by atoms with Crippen LogP contribution in [0, 0.1) is 0 Å². The number of rotatable bonds is 5. The van der Waals surface area contributed by atoms with Gasteiger partial charge in [-0.25, -0.2) is 8.42 Å². The molecule has 2 aromatic rings. The highest BCUT2D eigenvalue weighted by molar-refractivity contribution is 8.13. The van der Waals surface area contributed by atoms with Crippen LogP contribution in [0.3, 0.4) is 0 Å². The summed E-state index contributed by atoms with van der Waals surface area (Å²) in [5.41, 5.74) is 0. The first kappa shape index (κ1) is 13.0. The van der Waals surface area contributed by atoms with E-state index in [1.165, 1.54) is 17.1 Å². The standard InChI is InChI=1S/C9H11ClN4O3S/c1-2-3-9-12-8(13-17-9)6-14-5-7(4-11-14)18(10,15)16/h4-5H,2-3,6H2,1H3. The average molecular weight is 291 g/mol. The van der Waals surface area contributed by atoms with Crippen LogP contribution in [0.25, 0.3) is 0 Å². The summed E-state index contributed by atoms with van der Waals surface area (Å²) in [7, 11) is 1.44. The highest BCUT2D eigenvalue weighted by atomic mass is 35.7. The zero-order valence-corrected chi connectivity index (χ0v) is 11.1. The molecule has 2 rings (SSSR count). The summed E-state index contributed by atoms with van der Waals surface area (Å²) in [6.07, 6.45) is 4.12. The summed E-state index contributed by atoms with van der Waals surface area (Å²) in [5, 5.41) is 7.64. The summed E-state index contributed by atoms with van der Waals surface area (Å²) < 4.78 is 28.5. The van der Waals surface area contributed by atoms with Crippen LogP contribution in [0.4, 0.5) is 0 Å². The molecular formula is C9H11ClN4O3S. The van der Waals surface area contributed by atoms with Crippen LogP contribution in [-0.2, 0) is 22.0 Å². The molecule has 0 bridgehead atoms. The summed E-state index contributed by atoms with van der Waals surface area (Å²) in [4.78, 5) is 4.09. The van der Waals surface area contributed by atoms with Crippen LogP contribution in [0.5, 0.6) is 0 Å². The van der Waals surface area contributed by atoms with E-state index in [4.69, 9.17) is 15.2 Å². The van der Waals surface area contributed by atoms with E-state index in [0.717, 1.165) is 6.42 Å². The molecule has 2 heterocycles. The third-order valence-electron chi connectivity index (χ3n) is 2.17. The van der Waals surface area contributed by atoms with Crippen molar-refractivity contribution in [3.8, 4) is 0 Å². The van der Waals surface area contributed by atoms with E-state index in [0.29, 0.717) is 18.1 Å². The van der Waals surface area contributed by atoms with Crippen molar-refractivity contribution in [2.24, 2.45) is 0 Å². The normalized spacial score (nSPS) is 11.9. The number of nitrogens with zero attached hydrogens (tertiary/aromatic N) is 4. The van der Waals surface area contributed by atoms with Crippen molar-refractivity contribution >= 4 is 19.7 Å². The Hall–Kier alpha value is -1.41. The predicted molar refractivity (Wildman–Crippen MR) is 62.7 cm³/mol. The van der Waals surface area contributed by atoms with Gasteiger partial charge in [0.15, 0.2) is 5.82 Å². The van der Waals surface area contributed by atoms with Gasteiger partial charge in [0.2, 0.25) is 5.89 Å². The molecule has 0 aliphatic heterocycles. The molecule has 0 amide bonds. The third kappa shape index (κ3) is 3.08. The minimum atomic E-state index is -3.75. The summed E-state index contributed by atoms with van der Waals surface area (Å²) in [5.74, 6) is 1.00. The number of hydrogen-bond acceptors (Lipinski definition) is 6. The zero-order chi connectivity index (χ0) is 13.2. The van der Waals surface area contributed by atoms with Crippen LogP contribution in [0.15, 0.2) is 21.8 Å². The number of aryl methyl sites for hydroxylation is 1. The van der Waals surface area contributed by atoms with Crippen molar-refractivity contribution in [1.82, 2.24) is 19.9 Å². The lowest BCUT2D eigenvalue weighted by atomic mass is 10.3. The molecule has 0 spiro atoms. The van der Waals surface area contributed by atoms with Crippen LogP contribution in [0.1, 0.15) is 25.1 Å². The fourth-order valence-electron chi connectivity index (χ4n) is 1.37. The molecule has 0 radical (unpaired) electrons. The molecule has 98 valence electrons. The highest BCUT2D eigenvalue weighted by Crippen LogP contribution is 2.13. The van der Waals surface area contributed by atoms with Gasteiger partial charge in [0.25, 0.3) is 9.05 Å². The summed E-state index contributed by atoms with van der Waals surface area (Å²) in [6.45, 7) is 2.24. The molecule has 2 aromatic heterocycles. The van der Waals surface area contributed by atoms with Crippen molar-refractivity contribution in [2.75, 3.05) is 0 Å². The first-order valence-electron chi connectivity index (χ1n) is 5.27. The van der Waals surface area contributed by atoms with Gasteiger partial charge in [-0.2, -0.15) is 10.1 Å². The Bertz CT molecular complexity index is 634. The minimum absolute atomic E-state index is 0.0542. The molecule has 7 nitrogen and oxygen atoms in total. The lowest BCUT2D eigenvalue weighted by molar-refractivity contribution is 0.370. The van der Waals surface area contributed by atoms with Crippen LogP contribution < -0.4 is 0 Å². The molecule has 0 fully saturated rings. The van der Waals surface area contributed by atoms with E-state index < -0.39 is 9.05 Å². The molecule has 0 aromatic carbocycles. The smallest absolute Gasteiger partial charge is 0.264 e. The first-order valence-corrected chi connectivity index (χ1v) is 7.58. The van der Waals surface area contributed by atoms with Crippen LogP contribution in [0.2, 0.25) is 0 Å². The van der Waals surface area contributed by atoms with Gasteiger partial charge < -0.3 is 4.52 Å². The second-order valence-electron chi connectivity index (χ2n) is 3.67. The summed E-state index contributed by atoms with van der Waals surface area (Å²) >= 11 is 0. The number of aromatic nitrogens is 4. The Balaban J connectivity index is 2.11. The molecule has 0 N–H and O–H groups in total. The first-order chi connectivity index (χ1) is 8.49. The highest BCUT2D eigenvalue weighted by Gasteiger charge is 2.14. The average Bonchev–Trinajstić information content (AvgIpc) is 2.88. The van der Waals surface area contributed by atoms with Gasteiger partial charge >= 0.3 is 0 Å². The van der Waals surface area contributed by atoms with Gasteiger partial charge in [-0.1, -0.05) is 12.1 Å². The maximum atomic E-state index is 11.1. The van der Waals surface area contributed by atoms with Crippen molar-refractivity contribution in [3.05, 3.63) is 24.1 Å². The number of hydrogen-bond donors (Lipinski definition) is 0. The fourth-order valence-corrected chi connectivity index (χ4v) is 2.03. The third-order valence-corrected chi connectivity index (χ3v) is 3.48. The fraction of sp³-hybridized carbons (Fsp3) is 0.444. The largest absolute Gasteiger partial charge is 0.339 e. The lowest BCUT2D eigenvalue weighted by Crippen LogP contribution is -2.02. The van der Waals surface area contributed by atoms with E-state index in [-0.39, 0.29) is 11.4 Å². The quantitative estimate of drug-likeness (QED) is 0.768. The molecule has 0 saturated carbocycles. The van der Waals surface area contributed by atoms with Crippen molar-refractivity contribution in [1.29, 1.82) is 0 Å². The van der Waals surface area contributed by atoms with E-state index in [2.05, 4.69) is 15.2 Å². The SMILES string of the molecule is CCCc1nc(Cn2cc(S(=O)(=O)Cl)cn2)no1. The Morgan fingerprint density at radius 2 is 2.28 bits per heavy atom. The molecule has 9 heteroatoms. The molecule has 0 unspecified atom stereocenters. The van der Waals surface area contributed by atoms with E-state index in [1.54, 1.807) is 0 Å². The predicted octanol–water partition coefficient (Wildman–Crippen LogP) is 1.19. The van der Waals surface area contributed by atoms with Crippen molar-refractivity contribution in [3.63, 3.8) is 0 Å². The van der Waals surface area contributed by atoms with E-state index in [9.17, 15) is 8.42 Å². The maximum absolute atomic E-state index is 11.1. The molecule has 0 saturated heterocycles. The van der Waals surface area contributed by atoms with Gasteiger partial charge in [0.05, 0.1) is 6.20 Å². The Morgan fingerprint density at radius 3 is 2.89 bits per heavy atom. The van der Waals surface area contributed by atoms with Gasteiger partial charge in [0.1, 0.15) is 11.4 Å². The second-order valence-corrected chi connectivity index (χ2v) is 6.23.